The zero-order valence-electron chi connectivity index (χ0n) is 9.43. The molecule has 0 aliphatic carbocycles. The number of aromatic amines is 1. The Hall–Kier alpha value is -1.62. The average molecular weight is 251 g/mol. The number of esters is 1. The first-order valence-corrected chi connectivity index (χ1v) is 6.90. The van der Waals surface area contributed by atoms with Crippen molar-refractivity contribution in [1.82, 2.24) is 4.98 Å². The van der Waals surface area contributed by atoms with Gasteiger partial charge in [0.25, 0.3) is 0 Å². The number of benzene rings is 1. The van der Waals surface area contributed by atoms with E-state index in [4.69, 9.17) is 4.74 Å². The monoisotopic (exact) mass is 251 g/mol. The fourth-order valence-electron chi connectivity index (χ4n) is 1.63. The molecule has 0 aliphatic heterocycles. The molecule has 0 bridgehead atoms. The van der Waals surface area contributed by atoms with Crippen molar-refractivity contribution in [1.29, 1.82) is 0 Å². The summed E-state index contributed by atoms with van der Waals surface area (Å²) in [6, 6.07) is 7.75. The number of nitrogens with one attached hydrogen (secondary N) is 1. The molecule has 1 atom stereocenters. The van der Waals surface area contributed by atoms with Gasteiger partial charge < -0.3 is 9.72 Å². The van der Waals surface area contributed by atoms with E-state index in [-0.39, 0.29) is 18.3 Å². The van der Waals surface area contributed by atoms with Gasteiger partial charge in [-0.25, -0.2) is 0 Å². The molecule has 0 spiro atoms. The minimum atomic E-state index is -1.11. The number of carbonyl (C=O) groups excluding carboxylic acids is 1. The van der Waals surface area contributed by atoms with E-state index in [1.165, 1.54) is 6.26 Å². The summed E-state index contributed by atoms with van der Waals surface area (Å²) in [6.07, 6.45) is 3.50. The van der Waals surface area contributed by atoms with E-state index in [2.05, 4.69) is 4.98 Å². The van der Waals surface area contributed by atoms with Gasteiger partial charge in [0.1, 0.15) is 0 Å². The first-order valence-electron chi connectivity index (χ1n) is 5.17. The molecule has 0 radical (unpaired) electrons. The maximum absolute atomic E-state index is 11.5. The number of hydrogen-bond donors (Lipinski definition) is 1. The zero-order valence-corrected chi connectivity index (χ0v) is 10.3. The van der Waals surface area contributed by atoms with Gasteiger partial charge in [0, 0.05) is 23.4 Å². The Morgan fingerprint density at radius 2 is 2.18 bits per heavy atom. The van der Waals surface area contributed by atoms with Crippen LogP contribution in [0.2, 0.25) is 0 Å². The Morgan fingerprint density at radius 1 is 1.41 bits per heavy atom. The largest absolute Gasteiger partial charge is 0.452 e. The van der Waals surface area contributed by atoms with Gasteiger partial charge in [0.05, 0.1) is 17.2 Å². The van der Waals surface area contributed by atoms with Crippen LogP contribution in [0.5, 0.6) is 0 Å². The third-order valence-corrected chi connectivity index (χ3v) is 2.85. The highest BCUT2D eigenvalue weighted by atomic mass is 32.2. The van der Waals surface area contributed by atoms with Gasteiger partial charge in [-0.2, -0.15) is 0 Å². The van der Waals surface area contributed by atoms with Crippen LogP contribution in [-0.4, -0.2) is 27.4 Å². The van der Waals surface area contributed by atoms with Gasteiger partial charge in [-0.1, -0.05) is 18.2 Å². The number of H-pyrrole nitrogens is 1. The lowest BCUT2D eigenvalue weighted by molar-refractivity contribution is -0.140. The van der Waals surface area contributed by atoms with E-state index in [9.17, 15) is 9.00 Å². The van der Waals surface area contributed by atoms with Crippen LogP contribution in [0.25, 0.3) is 10.9 Å². The van der Waals surface area contributed by atoms with Gasteiger partial charge in [-0.3, -0.25) is 9.00 Å². The first kappa shape index (κ1) is 11.9. The SMILES string of the molecule is CS(=O)COC(=O)Cc1c[nH]c2ccccc12. The topological polar surface area (TPSA) is 59.2 Å². The van der Waals surface area contributed by atoms with E-state index in [1.54, 1.807) is 6.20 Å². The molecule has 1 N–H and O–H groups in total. The summed E-state index contributed by atoms with van der Waals surface area (Å²) in [4.78, 5) is 14.6. The van der Waals surface area contributed by atoms with Crippen molar-refractivity contribution in [3.8, 4) is 0 Å². The number of rotatable bonds is 4. The van der Waals surface area contributed by atoms with E-state index >= 15 is 0 Å². The molecule has 1 unspecified atom stereocenters. The lowest BCUT2D eigenvalue weighted by Crippen LogP contribution is -2.11. The molecule has 90 valence electrons. The van der Waals surface area contributed by atoms with Crippen molar-refractivity contribution < 1.29 is 13.7 Å². The van der Waals surface area contributed by atoms with Crippen molar-refractivity contribution in [3.63, 3.8) is 0 Å². The Balaban J connectivity index is 2.08. The summed E-state index contributed by atoms with van der Waals surface area (Å²) in [5.74, 6) is -0.397. The second-order valence-electron chi connectivity index (χ2n) is 3.74. The number of para-hydroxylation sites is 1. The Labute approximate surface area is 101 Å². The molecular weight excluding hydrogens is 238 g/mol. The molecule has 2 aromatic rings. The van der Waals surface area contributed by atoms with Gasteiger partial charge >= 0.3 is 5.97 Å². The fourth-order valence-corrected chi connectivity index (χ4v) is 1.93. The smallest absolute Gasteiger partial charge is 0.311 e. The van der Waals surface area contributed by atoms with Gasteiger partial charge in [0.2, 0.25) is 0 Å². The van der Waals surface area contributed by atoms with Crippen LogP contribution in [0.15, 0.2) is 30.5 Å². The number of carbonyl (C=O) groups is 1. The first-order chi connectivity index (χ1) is 8.16. The average Bonchev–Trinajstić information content (AvgIpc) is 2.70. The van der Waals surface area contributed by atoms with E-state index < -0.39 is 10.8 Å². The minimum absolute atomic E-state index is 0.0405. The van der Waals surface area contributed by atoms with Crippen molar-refractivity contribution in [2.45, 2.75) is 6.42 Å². The highest BCUT2D eigenvalue weighted by Crippen LogP contribution is 2.18. The van der Waals surface area contributed by atoms with E-state index in [1.807, 2.05) is 24.3 Å². The predicted molar refractivity (Wildman–Crippen MR) is 67.0 cm³/mol. The van der Waals surface area contributed by atoms with Crippen molar-refractivity contribution >= 4 is 27.7 Å². The summed E-state index contributed by atoms with van der Waals surface area (Å²) in [5, 5.41) is 1.02. The molecule has 0 fully saturated rings. The molecule has 5 heteroatoms. The Morgan fingerprint density at radius 3 is 2.94 bits per heavy atom. The van der Waals surface area contributed by atoms with Crippen LogP contribution in [-0.2, 0) is 26.8 Å². The molecule has 0 aliphatic rings. The summed E-state index contributed by atoms with van der Waals surface area (Å²) < 4.78 is 15.7. The minimum Gasteiger partial charge on any atom is -0.452 e. The zero-order chi connectivity index (χ0) is 12.3. The maximum atomic E-state index is 11.5. The van der Waals surface area contributed by atoms with Crippen LogP contribution in [0, 0.1) is 0 Å². The second kappa shape index (κ2) is 5.14. The number of hydrogen-bond acceptors (Lipinski definition) is 3. The van der Waals surface area contributed by atoms with Gasteiger partial charge in [0.15, 0.2) is 5.94 Å². The van der Waals surface area contributed by atoms with Crippen LogP contribution >= 0.6 is 0 Å². The summed E-state index contributed by atoms with van der Waals surface area (Å²) >= 11 is 0. The lowest BCUT2D eigenvalue weighted by Gasteiger charge is -2.01. The molecule has 0 saturated carbocycles. The maximum Gasteiger partial charge on any atom is 0.311 e. The van der Waals surface area contributed by atoms with Crippen LogP contribution in [0.4, 0.5) is 0 Å². The normalized spacial score (nSPS) is 12.5. The number of ether oxygens (including phenoxy) is 1. The third-order valence-electron chi connectivity index (χ3n) is 2.40. The van der Waals surface area contributed by atoms with E-state index in [0.717, 1.165) is 16.5 Å². The van der Waals surface area contributed by atoms with Crippen molar-refractivity contribution in [3.05, 3.63) is 36.0 Å². The molecular formula is C12H13NO3S. The molecule has 2 rings (SSSR count). The summed E-state index contributed by atoms with van der Waals surface area (Å²) in [5.41, 5.74) is 1.89. The van der Waals surface area contributed by atoms with Gasteiger partial charge in [-0.05, 0) is 11.6 Å². The third kappa shape index (κ3) is 2.94. The highest BCUT2D eigenvalue weighted by molar-refractivity contribution is 7.84. The van der Waals surface area contributed by atoms with E-state index in [0.29, 0.717) is 0 Å². The van der Waals surface area contributed by atoms with Crippen molar-refractivity contribution in [2.24, 2.45) is 0 Å². The highest BCUT2D eigenvalue weighted by Gasteiger charge is 2.09. The predicted octanol–water partition coefficient (Wildman–Crippen LogP) is 1.59. The lowest BCUT2D eigenvalue weighted by atomic mass is 10.1. The second-order valence-corrected chi connectivity index (χ2v) is 5.13. The molecule has 0 amide bonds. The van der Waals surface area contributed by atoms with Crippen molar-refractivity contribution in [2.75, 3.05) is 12.2 Å². The van der Waals surface area contributed by atoms with Crippen LogP contribution in [0.3, 0.4) is 0 Å². The molecule has 1 aromatic heterocycles. The molecule has 0 saturated heterocycles. The Bertz CT molecular complexity index is 562. The molecule has 17 heavy (non-hydrogen) atoms. The van der Waals surface area contributed by atoms with Gasteiger partial charge in [-0.15, -0.1) is 0 Å². The summed E-state index contributed by atoms with van der Waals surface area (Å²) in [6.45, 7) is 0. The Kier molecular flexibility index (Phi) is 3.58. The number of aromatic nitrogens is 1. The summed E-state index contributed by atoms with van der Waals surface area (Å²) in [7, 11) is -1.11. The van der Waals surface area contributed by atoms with Crippen LogP contribution < -0.4 is 0 Å². The number of fused-ring (bicyclic) bond motifs is 1. The quantitative estimate of drug-likeness (QED) is 0.839. The fraction of sp³-hybridized carbons (Fsp3) is 0.250. The van der Waals surface area contributed by atoms with Crippen LogP contribution in [0.1, 0.15) is 5.56 Å². The molecule has 1 aromatic carbocycles. The molecule has 4 nitrogen and oxygen atoms in total. The standard InChI is InChI=1S/C12H13NO3S/c1-17(15)8-16-12(14)6-9-7-13-11-5-3-2-4-10(9)11/h2-5,7,13H,6,8H2,1H3. The molecule has 1 heterocycles.